The number of methoxy groups -OCH3 is 1. The molecule has 7 heteroatoms. The zero-order valence-electron chi connectivity index (χ0n) is 16.9. The van der Waals surface area contributed by atoms with Crippen molar-refractivity contribution in [3.63, 3.8) is 0 Å². The van der Waals surface area contributed by atoms with Gasteiger partial charge >= 0.3 is 5.97 Å². The van der Waals surface area contributed by atoms with Gasteiger partial charge in [0.2, 0.25) is 0 Å². The van der Waals surface area contributed by atoms with Gasteiger partial charge in [-0.05, 0) is 48.7 Å². The van der Waals surface area contributed by atoms with Crippen LogP contribution in [0.5, 0.6) is 5.75 Å². The number of carboxylic acid groups (broad SMARTS) is 1. The molecule has 0 amide bonds. The summed E-state index contributed by atoms with van der Waals surface area (Å²) in [4.78, 5) is 22.6. The smallest absolute Gasteiger partial charge is 0.307 e. The normalized spacial score (nSPS) is 12.7. The lowest BCUT2D eigenvalue weighted by atomic mass is 10.1. The van der Waals surface area contributed by atoms with Crippen LogP contribution in [0.25, 0.3) is 11.4 Å². The van der Waals surface area contributed by atoms with Crippen LogP contribution in [0.1, 0.15) is 23.7 Å². The molecule has 2 heterocycles. The number of benzene rings is 2. The molecule has 0 radical (unpaired) electrons. The molecule has 30 heavy (non-hydrogen) atoms. The molecule has 4 rings (SSSR count). The van der Waals surface area contributed by atoms with Crippen LogP contribution in [0.15, 0.2) is 42.5 Å². The lowest BCUT2D eigenvalue weighted by Gasteiger charge is -2.20. The first kappa shape index (κ1) is 19.8. The second-order valence-corrected chi connectivity index (χ2v) is 7.14. The monoisotopic (exact) mass is 407 g/mol. The van der Waals surface area contributed by atoms with E-state index in [-0.39, 0.29) is 12.2 Å². The number of fused-ring (bicyclic) bond motifs is 1. The molecule has 0 saturated carbocycles. The maximum atomic E-state index is 13.8. The second-order valence-electron chi connectivity index (χ2n) is 7.14. The summed E-state index contributed by atoms with van der Waals surface area (Å²) in [5.41, 5.74) is 4.48. The summed E-state index contributed by atoms with van der Waals surface area (Å²) in [6.45, 7) is 2.83. The van der Waals surface area contributed by atoms with Crippen molar-refractivity contribution >= 4 is 17.5 Å². The molecule has 1 aliphatic heterocycles. The lowest BCUT2D eigenvalue weighted by molar-refractivity contribution is -0.136. The largest absolute Gasteiger partial charge is 0.494 e. The van der Waals surface area contributed by atoms with Crippen molar-refractivity contribution in [3.8, 4) is 17.1 Å². The zero-order chi connectivity index (χ0) is 21.3. The molecule has 0 spiro atoms. The number of ether oxygens (including phenoxy) is 1. The molecule has 1 N–H and O–H groups in total. The Labute approximate surface area is 174 Å². The molecule has 0 fully saturated rings. The number of anilines is 2. The van der Waals surface area contributed by atoms with Gasteiger partial charge in [-0.1, -0.05) is 19.1 Å². The Bertz CT molecular complexity index is 1100. The van der Waals surface area contributed by atoms with E-state index in [9.17, 15) is 9.18 Å². The van der Waals surface area contributed by atoms with E-state index >= 15 is 0 Å². The van der Waals surface area contributed by atoms with Gasteiger partial charge < -0.3 is 14.7 Å². The van der Waals surface area contributed by atoms with Crippen LogP contribution < -0.4 is 9.64 Å². The Morgan fingerprint density at radius 1 is 1.20 bits per heavy atom. The van der Waals surface area contributed by atoms with Gasteiger partial charge in [-0.25, -0.2) is 14.4 Å². The van der Waals surface area contributed by atoms with Gasteiger partial charge in [-0.3, -0.25) is 4.79 Å². The molecule has 3 aromatic rings. The molecular formula is C23H22FN3O3. The Kier molecular flexibility index (Phi) is 5.35. The second kappa shape index (κ2) is 8.10. The van der Waals surface area contributed by atoms with Crippen LogP contribution in [0.2, 0.25) is 0 Å². The first-order valence-electron chi connectivity index (χ1n) is 9.82. The van der Waals surface area contributed by atoms with Crippen LogP contribution >= 0.6 is 0 Å². The van der Waals surface area contributed by atoms with E-state index in [4.69, 9.17) is 19.8 Å². The minimum atomic E-state index is -0.853. The van der Waals surface area contributed by atoms with E-state index in [0.717, 1.165) is 47.7 Å². The molecule has 6 nitrogen and oxygen atoms in total. The third-order valence-corrected chi connectivity index (χ3v) is 5.26. The Hall–Kier alpha value is -3.48. The average Bonchev–Trinajstić information content (AvgIpc) is 3.17. The summed E-state index contributed by atoms with van der Waals surface area (Å²) in [5.74, 6) is 0.236. The molecule has 0 aliphatic carbocycles. The molecule has 0 atom stereocenters. The minimum absolute atomic E-state index is 0.00440. The standard InChI is InChI=1S/C23H22FN3O3/c1-3-19-17-10-11-27(16-7-4-14(5-8-16)12-21(28)29)23(17)26-22(25-19)15-6-9-18(24)20(13-15)30-2/h4-9,13H,3,10-12H2,1-2H3,(H,28,29). The molecule has 0 saturated heterocycles. The quantitative estimate of drug-likeness (QED) is 0.661. The van der Waals surface area contributed by atoms with Crippen molar-refractivity contribution in [2.75, 3.05) is 18.6 Å². The van der Waals surface area contributed by atoms with Crippen molar-refractivity contribution < 1.29 is 19.0 Å². The lowest BCUT2D eigenvalue weighted by Crippen LogP contribution is -2.15. The van der Waals surface area contributed by atoms with Crippen molar-refractivity contribution in [1.82, 2.24) is 9.97 Å². The minimum Gasteiger partial charge on any atom is -0.494 e. The van der Waals surface area contributed by atoms with Crippen molar-refractivity contribution in [1.29, 1.82) is 0 Å². The maximum Gasteiger partial charge on any atom is 0.307 e. The Morgan fingerprint density at radius 3 is 2.63 bits per heavy atom. The van der Waals surface area contributed by atoms with Gasteiger partial charge in [0.1, 0.15) is 5.82 Å². The highest BCUT2D eigenvalue weighted by Crippen LogP contribution is 2.36. The fourth-order valence-electron chi connectivity index (χ4n) is 3.77. The third kappa shape index (κ3) is 3.70. The first-order chi connectivity index (χ1) is 14.5. The van der Waals surface area contributed by atoms with Crippen LogP contribution in [-0.4, -0.2) is 34.7 Å². The van der Waals surface area contributed by atoms with E-state index in [0.29, 0.717) is 11.4 Å². The molecular weight excluding hydrogens is 385 g/mol. The SMILES string of the molecule is CCc1nc(-c2ccc(F)c(OC)c2)nc2c1CCN2c1ccc(CC(=O)O)cc1. The van der Waals surface area contributed by atoms with Gasteiger partial charge in [0.25, 0.3) is 0 Å². The highest BCUT2D eigenvalue weighted by molar-refractivity contribution is 5.72. The molecule has 1 aromatic heterocycles. The van der Waals surface area contributed by atoms with Crippen molar-refractivity contribution in [2.24, 2.45) is 0 Å². The first-order valence-corrected chi connectivity index (χ1v) is 9.82. The molecule has 154 valence electrons. The number of carbonyl (C=O) groups is 1. The highest BCUT2D eigenvalue weighted by Gasteiger charge is 2.26. The van der Waals surface area contributed by atoms with E-state index in [2.05, 4.69) is 11.8 Å². The molecule has 0 unspecified atom stereocenters. The van der Waals surface area contributed by atoms with Gasteiger partial charge in [0.05, 0.1) is 13.5 Å². The summed E-state index contributed by atoms with van der Waals surface area (Å²) >= 11 is 0. The number of nitrogens with zero attached hydrogens (tertiary/aromatic N) is 3. The van der Waals surface area contributed by atoms with Gasteiger partial charge in [-0.15, -0.1) is 0 Å². The molecule has 0 bridgehead atoms. The highest BCUT2D eigenvalue weighted by atomic mass is 19.1. The average molecular weight is 407 g/mol. The van der Waals surface area contributed by atoms with Gasteiger partial charge in [0, 0.05) is 29.1 Å². The van der Waals surface area contributed by atoms with E-state index in [1.54, 1.807) is 12.1 Å². The predicted octanol–water partition coefficient (Wildman–Crippen LogP) is 4.18. The maximum absolute atomic E-state index is 13.8. The number of carboxylic acids is 1. The molecule has 2 aromatic carbocycles. The van der Waals surface area contributed by atoms with Crippen LogP contribution in [0.3, 0.4) is 0 Å². The number of aliphatic carboxylic acids is 1. The van der Waals surface area contributed by atoms with E-state index in [1.807, 2.05) is 24.3 Å². The topological polar surface area (TPSA) is 75.6 Å². The number of rotatable bonds is 6. The summed E-state index contributed by atoms with van der Waals surface area (Å²) in [6.07, 6.45) is 1.60. The Morgan fingerprint density at radius 2 is 1.97 bits per heavy atom. The molecule has 1 aliphatic rings. The van der Waals surface area contributed by atoms with Crippen molar-refractivity contribution in [3.05, 3.63) is 65.1 Å². The fraction of sp³-hybridized carbons (Fsp3) is 0.261. The van der Waals surface area contributed by atoms with Crippen LogP contribution in [-0.2, 0) is 24.1 Å². The van der Waals surface area contributed by atoms with Gasteiger partial charge in [-0.2, -0.15) is 0 Å². The number of aromatic nitrogens is 2. The third-order valence-electron chi connectivity index (χ3n) is 5.26. The predicted molar refractivity (Wildman–Crippen MR) is 112 cm³/mol. The van der Waals surface area contributed by atoms with Crippen molar-refractivity contribution in [2.45, 2.75) is 26.2 Å². The van der Waals surface area contributed by atoms with Gasteiger partial charge in [0.15, 0.2) is 17.4 Å². The number of aryl methyl sites for hydroxylation is 1. The van der Waals surface area contributed by atoms with Crippen LogP contribution in [0.4, 0.5) is 15.9 Å². The zero-order valence-corrected chi connectivity index (χ0v) is 16.9. The summed E-state index contributed by atoms with van der Waals surface area (Å²) < 4.78 is 18.9. The number of halogens is 1. The fourth-order valence-corrected chi connectivity index (χ4v) is 3.77. The number of hydrogen-bond acceptors (Lipinski definition) is 5. The summed E-state index contributed by atoms with van der Waals surface area (Å²) in [5, 5.41) is 8.97. The number of hydrogen-bond donors (Lipinski definition) is 1. The summed E-state index contributed by atoms with van der Waals surface area (Å²) in [7, 11) is 1.43. The van der Waals surface area contributed by atoms with E-state index in [1.165, 1.54) is 13.2 Å². The Balaban J connectivity index is 1.74. The summed E-state index contributed by atoms with van der Waals surface area (Å²) in [6, 6.07) is 12.1. The van der Waals surface area contributed by atoms with E-state index < -0.39 is 11.8 Å². The van der Waals surface area contributed by atoms with Crippen LogP contribution in [0, 0.1) is 5.82 Å².